The van der Waals surface area contributed by atoms with E-state index in [4.69, 9.17) is 9.37 Å². The number of fused-ring (bicyclic) bond motifs is 1. The van der Waals surface area contributed by atoms with Crippen molar-refractivity contribution in [3.05, 3.63) is 77.9 Å². The summed E-state index contributed by atoms with van der Waals surface area (Å²) in [5, 5.41) is 11.4. The maximum absolute atomic E-state index is 5.56. The summed E-state index contributed by atoms with van der Waals surface area (Å²) in [5.74, 6) is 0.825. The lowest BCUT2D eigenvalue weighted by molar-refractivity contribution is 0.315. The lowest BCUT2D eigenvalue weighted by Gasteiger charge is -2.16. The van der Waals surface area contributed by atoms with E-state index >= 15 is 0 Å². The van der Waals surface area contributed by atoms with Gasteiger partial charge in [-0.15, -0.1) is 0 Å². The molecule has 0 radical (unpaired) electrons. The molecule has 0 saturated carbocycles. The molecule has 0 spiro atoms. The van der Waals surface area contributed by atoms with Gasteiger partial charge >= 0.3 is 0 Å². The Kier molecular flexibility index (Phi) is 4.85. The monoisotopic (exact) mass is 359 g/mol. The molecule has 0 amide bonds. The number of aromatic nitrogens is 2. The summed E-state index contributed by atoms with van der Waals surface area (Å²) in [6.07, 6.45) is 0. The van der Waals surface area contributed by atoms with Gasteiger partial charge in [0.1, 0.15) is 16.8 Å². The smallest absolute Gasteiger partial charge is 0.135 e. The number of methoxy groups -OCH3 is 1. The summed E-state index contributed by atoms with van der Waals surface area (Å²) in [5.41, 5.74) is 5.98. The second-order valence-corrected chi connectivity index (χ2v) is 6.52. The first-order valence-corrected chi connectivity index (χ1v) is 8.92. The molecule has 27 heavy (non-hydrogen) atoms. The Labute approximate surface area is 157 Å². The average molecular weight is 359 g/mol. The third kappa shape index (κ3) is 3.68. The minimum Gasteiger partial charge on any atom is -0.496 e. The van der Waals surface area contributed by atoms with E-state index in [1.165, 1.54) is 11.1 Å². The highest BCUT2D eigenvalue weighted by Crippen LogP contribution is 2.32. The SMILES string of the molecule is COc1ccc(CNC(C)c2ccccc2)cc1-c1ccc2nonc2c1. The largest absolute Gasteiger partial charge is 0.496 e. The first-order chi connectivity index (χ1) is 13.2. The van der Waals surface area contributed by atoms with Crippen LogP contribution in [0.2, 0.25) is 0 Å². The van der Waals surface area contributed by atoms with Gasteiger partial charge in [0.15, 0.2) is 0 Å². The molecule has 3 aromatic carbocycles. The van der Waals surface area contributed by atoms with Crippen molar-refractivity contribution >= 4 is 11.0 Å². The Hall–Kier alpha value is -3.18. The Morgan fingerprint density at radius 1 is 0.963 bits per heavy atom. The van der Waals surface area contributed by atoms with E-state index in [1.54, 1.807) is 7.11 Å². The van der Waals surface area contributed by atoms with Gasteiger partial charge in [-0.3, -0.25) is 0 Å². The van der Waals surface area contributed by atoms with Crippen LogP contribution in [0.3, 0.4) is 0 Å². The maximum Gasteiger partial charge on any atom is 0.135 e. The highest BCUT2D eigenvalue weighted by Gasteiger charge is 2.11. The van der Waals surface area contributed by atoms with Crippen LogP contribution in [0, 0.1) is 0 Å². The first-order valence-electron chi connectivity index (χ1n) is 8.92. The van der Waals surface area contributed by atoms with E-state index in [2.05, 4.69) is 59.0 Å². The van der Waals surface area contributed by atoms with E-state index in [9.17, 15) is 0 Å². The standard InChI is InChI=1S/C22H21N3O2/c1-15(17-6-4-3-5-7-17)23-14-16-8-11-22(26-2)19(12-16)18-9-10-20-21(13-18)25-27-24-20/h3-13,15,23H,14H2,1-2H3. The second kappa shape index (κ2) is 7.60. The molecule has 0 saturated heterocycles. The fraction of sp³-hybridized carbons (Fsp3) is 0.182. The summed E-state index contributed by atoms with van der Waals surface area (Å²) in [6, 6.07) is 22.8. The Morgan fingerprint density at radius 2 is 1.78 bits per heavy atom. The number of hydrogen-bond donors (Lipinski definition) is 1. The molecule has 0 bridgehead atoms. The molecule has 0 fully saturated rings. The molecule has 136 valence electrons. The molecular formula is C22H21N3O2. The van der Waals surface area contributed by atoms with E-state index in [1.807, 2.05) is 30.3 Å². The molecule has 1 aromatic heterocycles. The normalized spacial score (nSPS) is 12.2. The molecule has 0 aliphatic heterocycles. The van der Waals surface area contributed by atoms with Crippen LogP contribution in [-0.4, -0.2) is 17.4 Å². The zero-order valence-electron chi connectivity index (χ0n) is 15.3. The van der Waals surface area contributed by atoms with Crippen LogP contribution in [0.25, 0.3) is 22.2 Å². The maximum atomic E-state index is 5.56. The van der Waals surface area contributed by atoms with Gasteiger partial charge in [0, 0.05) is 18.2 Å². The van der Waals surface area contributed by atoms with E-state index in [0.717, 1.165) is 34.5 Å². The van der Waals surface area contributed by atoms with Crippen molar-refractivity contribution in [1.82, 2.24) is 15.6 Å². The van der Waals surface area contributed by atoms with Gasteiger partial charge in [-0.05, 0) is 58.2 Å². The number of benzene rings is 3. The van der Waals surface area contributed by atoms with Gasteiger partial charge in [0.2, 0.25) is 0 Å². The summed E-state index contributed by atoms with van der Waals surface area (Å²) in [4.78, 5) is 0. The Bertz CT molecular complexity index is 1040. The number of nitrogens with one attached hydrogen (secondary N) is 1. The van der Waals surface area contributed by atoms with Crippen molar-refractivity contribution in [1.29, 1.82) is 0 Å². The second-order valence-electron chi connectivity index (χ2n) is 6.52. The molecule has 4 aromatic rings. The van der Waals surface area contributed by atoms with Crippen LogP contribution in [-0.2, 0) is 6.54 Å². The molecule has 1 unspecified atom stereocenters. The molecule has 5 nitrogen and oxygen atoms in total. The fourth-order valence-corrected chi connectivity index (χ4v) is 3.17. The molecule has 0 aliphatic carbocycles. The highest BCUT2D eigenvalue weighted by molar-refractivity contribution is 5.82. The van der Waals surface area contributed by atoms with Crippen LogP contribution in [0.1, 0.15) is 24.1 Å². The average Bonchev–Trinajstić information content (AvgIpc) is 3.20. The summed E-state index contributed by atoms with van der Waals surface area (Å²) in [7, 11) is 1.68. The molecule has 0 aliphatic rings. The lowest BCUT2D eigenvalue weighted by Crippen LogP contribution is -2.18. The molecule has 4 rings (SSSR count). The minimum atomic E-state index is 0.273. The van der Waals surface area contributed by atoms with Crippen LogP contribution in [0.4, 0.5) is 0 Å². The van der Waals surface area contributed by atoms with Gasteiger partial charge in [0.25, 0.3) is 0 Å². The van der Waals surface area contributed by atoms with Crippen molar-refractivity contribution in [2.45, 2.75) is 19.5 Å². The van der Waals surface area contributed by atoms with Gasteiger partial charge in [0.05, 0.1) is 7.11 Å². The lowest BCUT2D eigenvalue weighted by atomic mass is 10.0. The predicted octanol–water partition coefficient (Wildman–Crippen LogP) is 4.75. The van der Waals surface area contributed by atoms with Crippen LogP contribution in [0.15, 0.2) is 71.4 Å². The number of rotatable bonds is 6. The van der Waals surface area contributed by atoms with E-state index < -0.39 is 0 Å². The third-order valence-electron chi connectivity index (χ3n) is 4.74. The number of hydrogen-bond acceptors (Lipinski definition) is 5. The van der Waals surface area contributed by atoms with Crippen LogP contribution in [0.5, 0.6) is 5.75 Å². The van der Waals surface area contributed by atoms with Crippen molar-refractivity contribution in [3.8, 4) is 16.9 Å². The van der Waals surface area contributed by atoms with Crippen LogP contribution >= 0.6 is 0 Å². The van der Waals surface area contributed by atoms with Crippen molar-refractivity contribution in [2.75, 3.05) is 7.11 Å². The minimum absolute atomic E-state index is 0.273. The predicted molar refractivity (Wildman–Crippen MR) is 105 cm³/mol. The molecule has 1 atom stereocenters. The van der Waals surface area contributed by atoms with E-state index in [0.29, 0.717) is 0 Å². The molecule has 5 heteroatoms. The van der Waals surface area contributed by atoms with Gasteiger partial charge in [-0.1, -0.05) is 42.5 Å². The topological polar surface area (TPSA) is 60.2 Å². The van der Waals surface area contributed by atoms with Gasteiger partial charge in [-0.25, -0.2) is 4.63 Å². The first kappa shape index (κ1) is 17.2. The molecular weight excluding hydrogens is 338 g/mol. The summed E-state index contributed by atoms with van der Waals surface area (Å²) < 4.78 is 10.4. The number of nitrogens with zero attached hydrogens (tertiary/aromatic N) is 2. The van der Waals surface area contributed by atoms with Gasteiger partial charge < -0.3 is 10.1 Å². The van der Waals surface area contributed by atoms with Crippen LogP contribution < -0.4 is 10.1 Å². The number of ether oxygens (including phenoxy) is 1. The molecule has 1 N–H and O–H groups in total. The summed E-state index contributed by atoms with van der Waals surface area (Å²) >= 11 is 0. The summed E-state index contributed by atoms with van der Waals surface area (Å²) in [6.45, 7) is 2.94. The Morgan fingerprint density at radius 3 is 2.59 bits per heavy atom. The third-order valence-corrected chi connectivity index (χ3v) is 4.74. The van der Waals surface area contributed by atoms with E-state index in [-0.39, 0.29) is 6.04 Å². The molecule has 1 heterocycles. The highest BCUT2D eigenvalue weighted by atomic mass is 16.6. The van der Waals surface area contributed by atoms with Crippen molar-refractivity contribution in [3.63, 3.8) is 0 Å². The zero-order chi connectivity index (χ0) is 18.6. The quantitative estimate of drug-likeness (QED) is 0.538. The fourth-order valence-electron chi connectivity index (χ4n) is 3.17. The van der Waals surface area contributed by atoms with Gasteiger partial charge in [-0.2, -0.15) is 0 Å². The zero-order valence-corrected chi connectivity index (χ0v) is 15.3. The van der Waals surface area contributed by atoms with Crippen molar-refractivity contribution < 1.29 is 9.37 Å². The van der Waals surface area contributed by atoms with Crippen molar-refractivity contribution in [2.24, 2.45) is 0 Å². The Balaban J connectivity index is 1.59.